The minimum Gasteiger partial charge on any atom is -0.297 e. The molecule has 19 heavy (non-hydrogen) atoms. The van der Waals surface area contributed by atoms with E-state index < -0.39 is 22.5 Å². The molecule has 1 amide bonds. The summed E-state index contributed by atoms with van der Waals surface area (Å²) in [4.78, 5) is 27.6. The number of Topliss-reactive ketones (excluding diaryl/α,β-unsaturated/α-hetero) is 1. The Morgan fingerprint density at radius 2 is 2.16 bits per heavy atom. The average Bonchev–Trinajstić information content (AvgIpc) is 2.59. The number of aromatic nitrogens is 1. The number of rotatable bonds is 4. The Balaban J connectivity index is 2.36. The second-order valence-corrected chi connectivity index (χ2v) is 6.23. The van der Waals surface area contributed by atoms with Gasteiger partial charge in [0.15, 0.2) is 10.8 Å². The smallest absolute Gasteiger partial charge is 0.285 e. The van der Waals surface area contributed by atoms with E-state index in [1.807, 2.05) is 6.92 Å². The molecule has 0 aromatic carbocycles. The number of carbonyl (C=O) groups is 2. The van der Waals surface area contributed by atoms with Gasteiger partial charge < -0.3 is 0 Å². The van der Waals surface area contributed by atoms with Gasteiger partial charge >= 0.3 is 0 Å². The third-order valence-electron chi connectivity index (χ3n) is 3.22. The molecule has 7 heteroatoms. The molecular formula is C12H14N2O4S. The van der Waals surface area contributed by atoms with Crippen molar-refractivity contribution in [3.63, 3.8) is 0 Å². The maximum atomic E-state index is 12.1. The van der Waals surface area contributed by atoms with Crippen LogP contribution in [0.15, 0.2) is 23.4 Å². The number of ketones is 1. The average molecular weight is 282 g/mol. The Morgan fingerprint density at radius 1 is 1.47 bits per heavy atom. The lowest BCUT2D eigenvalue weighted by Gasteiger charge is -2.15. The molecule has 1 unspecified atom stereocenters. The van der Waals surface area contributed by atoms with Crippen LogP contribution in [0.25, 0.3) is 0 Å². The van der Waals surface area contributed by atoms with Crippen molar-refractivity contribution in [1.82, 2.24) is 9.29 Å². The highest BCUT2D eigenvalue weighted by Gasteiger charge is 2.43. The molecule has 1 aromatic heterocycles. The molecule has 0 bridgehead atoms. The number of hydrogen-bond acceptors (Lipinski definition) is 5. The Bertz CT molecular complexity index is 639. The van der Waals surface area contributed by atoms with Crippen LogP contribution in [-0.2, 0) is 14.8 Å². The summed E-state index contributed by atoms with van der Waals surface area (Å²) in [6, 6.07) is 2.89. The molecule has 2 heterocycles. The molecule has 0 spiro atoms. The van der Waals surface area contributed by atoms with E-state index in [0.29, 0.717) is 10.7 Å². The maximum absolute atomic E-state index is 12.1. The molecule has 0 fully saturated rings. The van der Waals surface area contributed by atoms with E-state index in [9.17, 15) is 18.0 Å². The summed E-state index contributed by atoms with van der Waals surface area (Å²) in [5.74, 6) is -1.23. The first-order chi connectivity index (χ1) is 8.89. The summed E-state index contributed by atoms with van der Waals surface area (Å²) in [5.41, 5.74) is 0.0273. The van der Waals surface area contributed by atoms with Gasteiger partial charge in [-0.15, -0.1) is 0 Å². The van der Waals surface area contributed by atoms with Gasteiger partial charge in [0.05, 0.1) is 12.1 Å². The van der Waals surface area contributed by atoms with E-state index in [4.69, 9.17) is 0 Å². The zero-order valence-electron chi connectivity index (χ0n) is 10.7. The van der Waals surface area contributed by atoms with Crippen LogP contribution in [0.1, 0.15) is 30.6 Å². The highest BCUT2D eigenvalue weighted by molar-refractivity contribution is 7.90. The number of carbonyl (C=O) groups excluding carboxylic acids is 2. The second-order valence-electron chi connectivity index (χ2n) is 4.45. The number of nitrogens with zero attached hydrogens (tertiary/aromatic N) is 2. The van der Waals surface area contributed by atoms with Gasteiger partial charge in [-0.3, -0.25) is 9.59 Å². The summed E-state index contributed by atoms with van der Waals surface area (Å²) in [6.07, 6.45) is 1.91. The van der Waals surface area contributed by atoms with Gasteiger partial charge in [-0.05, 0) is 18.6 Å². The van der Waals surface area contributed by atoms with Gasteiger partial charge in [0.2, 0.25) is 0 Å². The molecule has 6 nitrogen and oxygen atoms in total. The molecule has 0 aliphatic carbocycles. The van der Waals surface area contributed by atoms with Crippen molar-refractivity contribution in [3.05, 3.63) is 23.9 Å². The fraction of sp³-hybridized carbons (Fsp3) is 0.417. The number of amides is 1. The Kier molecular flexibility index (Phi) is 3.40. The summed E-state index contributed by atoms with van der Waals surface area (Å²) < 4.78 is 24.9. The predicted molar refractivity (Wildman–Crippen MR) is 66.9 cm³/mol. The predicted octanol–water partition coefficient (Wildman–Crippen LogP) is 0.841. The molecule has 102 valence electrons. The first-order valence-electron chi connectivity index (χ1n) is 5.94. The van der Waals surface area contributed by atoms with E-state index in [1.165, 1.54) is 18.3 Å². The number of sulfonamides is 1. The zero-order chi connectivity index (χ0) is 14.2. The molecule has 1 aromatic rings. The molecule has 0 saturated heterocycles. The summed E-state index contributed by atoms with van der Waals surface area (Å²) >= 11 is 0. The molecule has 2 rings (SSSR count). The van der Waals surface area contributed by atoms with Crippen LogP contribution in [0.2, 0.25) is 0 Å². The topological polar surface area (TPSA) is 84.4 Å². The van der Waals surface area contributed by atoms with Gasteiger partial charge in [-0.2, -0.15) is 8.42 Å². The van der Waals surface area contributed by atoms with Gasteiger partial charge in [0, 0.05) is 12.1 Å². The van der Waals surface area contributed by atoms with Crippen molar-refractivity contribution in [2.75, 3.05) is 6.54 Å². The zero-order valence-corrected chi connectivity index (χ0v) is 11.5. The second kappa shape index (κ2) is 4.73. The maximum Gasteiger partial charge on any atom is 0.285 e. The largest absolute Gasteiger partial charge is 0.297 e. The van der Waals surface area contributed by atoms with Crippen LogP contribution in [0, 0.1) is 5.92 Å². The Hall–Kier alpha value is -1.76. The quantitative estimate of drug-likeness (QED) is 0.817. The normalized spacial score (nSPS) is 18.2. The molecule has 0 radical (unpaired) electrons. The molecule has 1 aliphatic rings. The van der Waals surface area contributed by atoms with Crippen molar-refractivity contribution < 1.29 is 18.0 Å². The lowest BCUT2D eigenvalue weighted by molar-refractivity contribution is -0.122. The van der Waals surface area contributed by atoms with Crippen LogP contribution in [-0.4, -0.2) is 35.9 Å². The highest BCUT2D eigenvalue weighted by Crippen LogP contribution is 2.28. The van der Waals surface area contributed by atoms with Crippen molar-refractivity contribution in [2.45, 2.75) is 25.3 Å². The Morgan fingerprint density at radius 3 is 2.74 bits per heavy atom. The van der Waals surface area contributed by atoms with Gasteiger partial charge in [0.1, 0.15) is 0 Å². The van der Waals surface area contributed by atoms with Crippen molar-refractivity contribution in [1.29, 1.82) is 0 Å². The summed E-state index contributed by atoms with van der Waals surface area (Å²) in [5, 5.41) is -0.267. The third-order valence-corrected chi connectivity index (χ3v) is 4.91. The van der Waals surface area contributed by atoms with Crippen LogP contribution < -0.4 is 0 Å². The molecule has 0 saturated carbocycles. The van der Waals surface area contributed by atoms with Crippen LogP contribution in [0.3, 0.4) is 0 Å². The van der Waals surface area contributed by atoms with E-state index in [1.54, 1.807) is 6.92 Å². The van der Waals surface area contributed by atoms with Gasteiger partial charge in [-0.1, -0.05) is 13.8 Å². The fourth-order valence-electron chi connectivity index (χ4n) is 1.79. The Labute approximate surface area is 111 Å². The standard InChI is InChI=1S/C12H14N2O4S/c1-3-8(2)10(15)7-14-12(16)9-5-4-6-13-11(9)19(14,17)18/h4-6,8H,3,7H2,1-2H3. The lowest BCUT2D eigenvalue weighted by Crippen LogP contribution is -2.36. The van der Waals surface area contributed by atoms with E-state index in [2.05, 4.69) is 4.98 Å². The highest BCUT2D eigenvalue weighted by atomic mass is 32.2. The summed E-state index contributed by atoms with van der Waals surface area (Å²) in [7, 11) is -3.98. The SMILES string of the molecule is CCC(C)C(=O)CN1C(=O)c2cccnc2S1(=O)=O. The first-order valence-corrected chi connectivity index (χ1v) is 7.38. The minimum atomic E-state index is -3.98. The lowest BCUT2D eigenvalue weighted by atomic mass is 10.0. The summed E-state index contributed by atoms with van der Waals surface area (Å²) in [6.45, 7) is 3.12. The molecule has 1 atom stereocenters. The van der Waals surface area contributed by atoms with Crippen LogP contribution >= 0.6 is 0 Å². The van der Waals surface area contributed by atoms with Gasteiger partial charge in [-0.25, -0.2) is 9.29 Å². The molecule has 0 N–H and O–H groups in total. The first kappa shape index (κ1) is 13.7. The number of fused-ring (bicyclic) bond motifs is 1. The van der Waals surface area contributed by atoms with Crippen molar-refractivity contribution in [3.8, 4) is 0 Å². The number of pyridine rings is 1. The van der Waals surface area contributed by atoms with Crippen LogP contribution in [0.4, 0.5) is 0 Å². The van der Waals surface area contributed by atoms with E-state index in [0.717, 1.165) is 0 Å². The molecule has 1 aliphatic heterocycles. The minimum absolute atomic E-state index is 0.0273. The third kappa shape index (κ3) is 2.14. The van der Waals surface area contributed by atoms with E-state index in [-0.39, 0.29) is 22.3 Å². The van der Waals surface area contributed by atoms with Gasteiger partial charge in [0.25, 0.3) is 15.9 Å². The molecular weight excluding hydrogens is 268 g/mol. The number of hydrogen-bond donors (Lipinski definition) is 0. The van der Waals surface area contributed by atoms with Crippen molar-refractivity contribution >= 4 is 21.7 Å². The fourth-order valence-corrected chi connectivity index (χ4v) is 3.24. The monoisotopic (exact) mass is 282 g/mol. The van der Waals surface area contributed by atoms with E-state index >= 15 is 0 Å². The van der Waals surface area contributed by atoms with Crippen molar-refractivity contribution in [2.24, 2.45) is 5.92 Å². The van der Waals surface area contributed by atoms with Crippen LogP contribution in [0.5, 0.6) is 0 Å².